The topological polar surface area (TPSA) is 82.1 Å². The molecule has 1 fully saturated rings. The maximum atomic E-state index is 7.33. The monoisotopic (exact) mass is 248 g/mol. The number of nitrogens with two attached hydrogens (primary N) is 1. The first-order valence-electron chi connectivity index (χ1n) is 6.18. The SMILES string of the molecule is CN(C)c1nccc(N(CCC(=N)N)C2CC2)n1. The van der Waals surface area contributed by atoms with Crippen LogP contribution in [-0.2, 0) is 0 Å². The van der Waals surface area contributed by atoms with Crippen LogP contribution in [0.3, 0.4) is 0 Å². The fourth-order valence-corrected chi connectivity index (χ4v) is 1.83. The largest absolute Gasteiger partial charge is 0.388 e. The van der Waals surface area contributed by atoms with Crippen molar-refractivity contribution in [1.82, 2.24) is 9.97 Å². The van der Waals surface area contributed by atoms with E-state index in [2.05, 4.69) is 14.9 Å². The molecule has 0 aliphatic heterocycles. The smallest absolute Gasteiger partial charge is 0.226 e. The number of rotatable bonds is 6. The fourth-order valence-electron chi connectivity index (χ4n) is 1.83. The lowest BCUT2D eigenvalue weighted by atomic mass is 10.3. The Hall–Kier alpha value is -1.85. The molecule has 6 nitrogen and oxygen atoms in total. The Balaban J connectivity index is 2.14. The van der Waals surface area contributed by atoms with E-state index in [4.69, 9.17) is 11.1 Å². The van der Waals surface area contributed by atoms with Crippen LogP contribution in [0.15, 0.2) is 12.3 Å². The normalized spacial score (nSPS) is 14.3. The second-order valence-corrected chi connectivity index (χ2v) is 4.81. The number of anilines is 2. The summed E-state index contributed by atoms with van der Waals surface area (Å²) in [5, 5.41) is 7.33. The molecule has 1 aromatic heterocycles. The van der Waals surface area contributed by atoms with E-state index in [-0.39, 0.29) is 5.84 Å². The molecule has 1 aromatic rings. The highest BCUT2D eigenvalue weighted by Gasteiger charge is 2.30. The molecule has 0 unspecified atom stereocenters. The third kappa shape index (κ3) is 3.09. The Kier molecular flexibility index (Phi) is 3.64. The van der Waals surface area contributed by atoms with Crippen molar-refractivity contribution < 1.29 is 0 Å². The second-order valence-electron chi connectivity index (χ2n) is 4.81. The zero-order valence-corrected chi connectivity index (χ0v) is 10.9. The first-order valence-corrected chi connectivity index (χ1v) is 6.18. The van der Waals surface area contributed by atoms with Crippen LogP contribution in [0.5, 0.6) is 0 Å². The molecule has 18 heavy (non-hydrogen) atoms. The van der Waals surface area contributed by atoms with Crippen LogP contribution >= 0.6 is 0 Å². The summed E-state index contributed by atoms with van der Waals surface area (Å²) in [6.45, 7) is 0.754. The van der Waals surface area contributed by atoms with Crippen molar-refractivity contribution in [1.29, 1.82) is 5.41 Å². The van der Waals surface area contributed by atoms with Crippen LogP contribution in [-0.4, -0.2) is 42.5 Å². The molecular formula is C12H20N6. The Labute approximate surface area is 107 Å². The average Bonchev–Trinajstić information content (AvgIpc) is 3.14. The molecule has 0 radical (unpaired) electrons. The number of nitrogens with zero attached hydrogens (tertiary/aromatic N) is 4. The van der Waals surface area contributed by atoms with E-state index in [1.54, 1.807) is 6.20 Å². The first kappa shape index (κ1) is 12.6. The lowest BCUT2D eigenvalue weighted by molar-refractivity contribution is 0.777. The van der Waals surface area contributed by atoms with Gasteiger partial charge in [0, 0.05) is 39.3 Å². The highest BCUT2D eigenvalue weighted by molar-refractivity contribution is 5.77. The number of amidine groups is 1. The molecule has 1 saturated carbocycles. The summed E-state index contributed by atoms with van der Waals surface area (Å²) in [7, 11) is 3.85. The van der Waals surface area contributed by atoms with Crippen molar-refractivity contribution in [3.05, 3.63) is 12.3 Å². The molecule has 0 bridgehead atoms. The maximum absolute atomic E-state index is 7.33. The summed E-state index contributed by atoms with van der Waals surface area (Å²) in [5.74, 6) is 1.86. The third-order valence-corrected chi connectivity index (χ3v) is 2.93. The summed E-state index contributed by atoms with van der Waals surface area (Å²) in [4.78, 5) is 12.9. The van der Waals surface area contributed by atoms with Crippen LogP contribution in [0.4, 0.5) is 11.8 Å². The van der Waals surface area contributed by atoms with Gasteiger partial charge in [-0.3, -0.25) is 5.41 Å². The number of hydrogen-bond donors (Lipinski definition) is 2. The van der Waals surface area contributed by atoms with E-state index in [0.717, 1.165) is 12.4 Å². The first-order chi connectivity index (χ1) is 8.58. The van der Waals surface area contributed by atoms with Gasteiger partial charge in [0.15, 0.2) is 0 Å². The van der Waals surface area contributed by atoms with Crippen LogP contribution in [0.1, 0.15) is 19.3 Å². The Morgan fingerprint density at radius 3 is 2.78 bits per heavy atom. The molecule has 3 N–H and O–H groups in total. The molecule has 0 saturated heterocycles. The van der Waals surface area contributed by atoms with Crippen molar-refractivity contribution in [2.75, 3.05) is 30.4 Å². The van der Waals surface area contributed by atoms with Gasteiger partial charge < -0.3 is 15.5 Å². The predicted molar refractivity (Wildman–Crippen MR) is 73.3 cm³/mol. The van der Waals surface area contributed by atoms with Gasteiger partial charge >= 0.3 is 0 Å². The van der Waals surface area contributed by atoms with Crippen LogP contribution < -0.4 is 15.5 Å². The highest BCUT2D eigenvalue weighted by atomic mass is 15.3. The molecule has 0 spiro atoms. The van der Waals surface area contributed by atoms with Gasteiger partial charge in [-0.1, -0.05) is 0 Å². The number of aromatic nitrogens is 2. The quantitative estimate of drug-likeness (QED) is 0.576. The fraction of sp³-hybridized carbons (Fsp3) is 0.583. The van der Waals surface area contributed by atoms with Crippen LogP contribution in [0, 0.1) is 5.41 Å². The van der Waals surface area contributed by atoms with E-state index in [0.29, 0.717) is 18.4 Å². The van der Waals surface area contributed by atoms with E-state index in [1.807, 2.05) is 25.1 Å². The minimum Gasteiger partial charge on any atom is -0.388 e. The van der Waals surface area contributed by atoms with E-state index in [1.165, 1.54) is 12.8 Å². The van der Waals surface area contributed by atoms with Crippen molar-refractivity contribution in [3.63, 3.8) is 0 Å². The van der Waals surface area contributed by atoms with E-state index in [9.17, 15) is 0 Å². The predicted octanol–water partition coefficient (Wildman–Crippen LogP) is 0.837. The molecular weight excluding hydrogens is 228 g/mol. The second kappa shape index (κ2) is 5.20. The lowest BCUT2D eigenvalue weighted by Gasteiger charge is -2.24. The highest BCUT2D eigenvalue weighted by Crippen LogP contribution is 2.31. The van der Waals surface area contributed by atoms with Crippen molar-refractivity contribution in [2.45, 2.75) is 25.3 Å². The standard InChI is InChI=1S/C12H20N6/c1-17(2)12-15-7-5-11(16-12)18(9-3-4-9)8-6-10(13)14/h5,7,9H,3-4,6,8H2,1-2H3,(H3,13,14). The molecule has 2 rings (SSSR count). The van der Waals surface area contributed by atoms with E-state index < -0.39 is 0 Å². The van der Waals surface area contributed by atoms with Gasteiger partial charge in [-0.25, -0.2) is 4.98 Å². The summed E-state index contributed by atoms with van der Waals surface area (Å²) >= 11 is 0. The minimum absolute atomic E-state index is 0.225. The molecule has 1 aliphatic carbocycles. The molecule has 0 amide bonds. The van der Waals surface area contributed by atoms with Gasteiger partial charge in [-0.05, 0) is 18.9 Å². The molecule has 0 atom stereocenters. The summed E-state index contributed by atoms with van der Waals surface area (Å²) < 4.78 is 0. The number of hydrogen-bond acceptors (Lipinski definition) is 5. The zero-order chi connectivity index (χ0) is 13.1. The zero-order valence-electron chi connectivity index (χ0n) is 10.9. The number of nitrogens with one attached hydrogen (secondary N) is 1. The van der Waals surface area contributed by atoms with E-state index >= 15 is 0 Å². The van der Waals surface area contributed by atoms with Crippen LogP contribution in [0.25, 0.3) is 0 Å². The molecule has 98 valence electrons. The summed E-state index contributed by atoms with van der Waals surface area (Å²) in [6, 6.07) is 2.47. The van der Waals surface area contributed by atoms with Crippen molar-refractivity contribution >= 4 is 17.6 Å². The van der Waals surface area contributed by atoms with Gasteiger partial charge in [-0.2, -0.15) is 4.98 Å². The molecule has 6 heteroatoms. The molecule has 1 aliphatic rings. The van der Waals surface area contributed by atoms with Crippen molar-refractivity contribution in [3.8, 4) is 0 Å². The Bertz CT molecular complexity index is 426. The van der Waals surface area contributed by atoms with Gasteiger partial charge in [0.05, 0.1) is 5.84 Å². The Morgan fingerprint density at radius 1 is 1.50 bits per heavy atom. The van der Waals surface area contributed by atoms with Gasteiger partial charge in [0.25, 0.3) is 0 Å². The minimum atomic E-state index is 0.225. The molecule has 1 heterocycles. The maximum Gasteiger partial charge on any atom is 0.226 e. The van der Waals surface area contributed by atoms with Gasteiger partial charge in [0.2, 0.25) is 5.95 Å². The third-order valence-electron chi connectivity index (χ3n) is 2.93. The average molecular weight is 248 g/mol. The van der Waals surface area contributed by atoms with Gasteiger partial charge in [-0.15, -0.1) is 0 Å². The van der Waals surface area contributed by atoms with Gasteiger partial charge in [0.1, 0.15) is 5.82 Å². The van der Waals surface area contributed by atoms with Crippen LogP contribution in [0.2, 0.25) is 0 Å². The lowest BCUT2D eigenvalue weighted by Crippen LogP contribution is -2.31. The summed E-state index contributed by atoms with van der Waals surface area (Å²) in [5.41, 5.74) is 5.43. The molecule has 0 aromatic carbocycles. The summed E-state index contributed by atoms with van der Waals surface area (Å²) in [6.07, 6.45) is 4.75. The van der Waals surface area contributed by atoms with Crippen molar-refractivity contribution in [2.24, 2.45) is 5.73 Å². The Morgan fingerprint density at radius 2 is 2.22 bits per heavy atom.